The van der Waals surface area contributed by atoms with Crippen molar-refractivity contribution in [2.45, 2.75) is 46.1 Å². The van der Waals surface area contributed by atoms with E-state index < -0.39 is 0 Å². The maximum atomic E-state index is 6.57. The molecule has 3 N–H and O–H groups in total. The molecule has 8 heteroatoms. The van der Waals surface area contributed by atoms with Gasteiger partial charge < -0.3 is 20.7 Å². The Hall–Kier alpha value is -2.61. The third-order valence-electron chi connectivity index (χ3n) is 6.37. The summed E-state index contributed by atoms with van der Waals surface area (Å²) in [5.41, 5.74) is 8.73. The van der Waals surface area contributed by atoms with Gasteiger partial charge >= 0.3 is 0 Å². The number of nitrogens with one attached hydrogen (secondary N) is 1. The predicted octanol–water partition coefficient (Wildman–Crippen LogP) is 4.83. The maximum Gasteiger partial charge on any atom is 0.189 e. The Kier molecular flexibility index (Phi) is 4.32. The van der Waals surface area contributed by atoms with Gasteiger partial charge in [-0.2, -0.15) is 0 Å². The number of rotatable bonds is 4. The number of benzene rings is 1. The average Bonchev–Trinajstić information content (AvgIpc) is 3.18. The summed E-state index contributed by atoms with van der Waals surface area (Å²) >= 11 is 1.55. The molecule has 158 valence electrons. The molecule has 0 amide bonds. The molecule has 1 aliphatic heterocycles. The maximum absolute atomic E-state index is 6.57. The van der Waals surface area contributed by atoms with Gasteiger partial charge in [-0.3, -0.25) is 0 Å². The second kappa shape index (κ2) is 6.70. The summed E-state index contributed by atoms with van der Waals surface area (Å²) in [6, 6.07) is 6.33. The third-order valence-corrected chi connectivity index (χ3v) is 7.30. The number of anilines is 4. The summed E-state index contributed by atoms with van der Waals surface area (Å²) in [6.45, 7) is 8.13. The lowest BCUT2D eigenvalue weighted by molar-refractivity contribution is 0.136. The standard InChI is InChI=1S/C22H28N6OS/c1-21(2)8-13-9-22(3,10-21)11-28(13)19-17(23)18(24-12-25-19)27-20-26-15-6-5-14(29-4)7-16(15)30-20/h5-7,12-13H,8-11,23H2,1-4H3,(H,24,25,26,27). The number of methoxy groups -OCH3 is 1. The van der Waals surface area contributed by atoms with Gasteiger partial charge in [0.15, 0.2) is 16.8 Å². The molecule has 2 atom stereocenters. The molecule has 0 radical (unpaired) electrons. The molecule has 2 aromatic heterocycles. The fourth-order valence-corrected chi connectivity index (χ4v) is 6.50. The lowest BCUT2D eigenvalue weighted by Crippen LogP contribution is -2.35. The fourth-order valence-electron chi connectivity index (χ4n) is 5.61. The molecule has 2 unspecified atom stereocenters. The molecule has 1 aromatic carbocycles. The van der Waals surface area contributed by atoms with Crippen LogP contribution in [0.5, 0.6) is 5.75 Å². The number of ether oxygens (including phenoxy) is 1. The van der Waals surface area contributed by atoms with Gasteiger partial charge in [0.1, 0.15) is 17.8 Å². The van der Waals surface area contributed by atoms with Gasteiger partial charge in [-0.15, -0.1) is 0 Å². The van der Waals surface area contributed by atoms with Crippen LogP contribution in [0, 0.1) is 10.8 Å². The van der Waals surface area contributed by atoms with E-state index in [0.29, 0.717) is 28.4 Å². The zero-order valence-corrected chi connectivity index (χ0v) is 18.7. The quantitative estimate of drug-likeness (QED) is 0.620. The van der Waals surface area contributed by atoms with Crippen molar-refractivity contribution in [1.82, 2.24) is 15.0 Å². The molecule has 0 spiro atoms. The van der Waals surface area contributed by atoms with Crippen LogP contribution in [-0.4, -0.2) is 34.6 Å². The minimum atomic E-state index is 0.309. The van der Waals surface area contributed by atoms with Crippen molar-refractivity contribution in [2.24, 2.45) is 10.8 Å². The zero-order chi connectivity index (χ0) is 21.1. The number of hydrogen-bond donors (Lipinski definition) is 2. The van der Waals surface area contributed by atoms with E-state index in [1.54, 1.807) is 24.8 Å². The van der Waals surface area contributed by atoms with E-state index in [9.17, 15) is 0 Å². The van der Waals surface area contributed by atoms with Crippen molar-refractivity contribution in [1.29, 1.82) is 0 Å². The lowest BCUT2D eigenvalue weighted by Gasteiger charge is -2.39. The minimum Gasteiger partial charge on any atom is -0.497 e. The Bertz CT molecular complexity index is 1110. The number of nitrogens with zero attached hydrogens (tertiary/aromatic N) is 4. The Morgan fingerprint density at radius 3 is 2.87 bits per heavy atom. The van der Waals surface area contributed by atoms with Crippen LogP contribution in [0.25, 0.3) is 10.2 Å². The molecular weight excluding hydrogens is 396 g/mol. The monoisotopic (exact) mass is 424 g/mol. The van der Waals surface area contributed by atoms with E-state index in [4.69, 9.17) is 10.5 Å². The molecule has 5 rings (SSSR count). The van der Waals surface area contributed by atoms with Crippen molar-refractivity contribution >= 4 is 44.0 Å². The van der Waals surface area contributed by atoms with Crippen LogP contribution in [0.15, 0.2) is 24.5 Å². The zero-order valence-electron chi connectivity index (χ0n) is 17.9. The predicted molar refractivity (Wildman–Crippen MR) is 123 cm³/mol. The van der Waals surface area contributed by atoms with Crippen LogP contribution >= 0.6 is 11.3 Å². The highest BCUT2D eigenvalue weighted by molar-refractivity contribution is 7.22. The number of aromatic nitrogens is 3. The van der Waals surface area contributed by atoms with Gasteiger partial charge in [0.2, 0.25) is 0 Å². The molecule has 1 saturated carbocycles. The smallest absolute Gasteiger partial charge is 0.189 e. The van der Waals surface area contributed by atoms with E-state index in [1.165, 1.54) is 12.8 Å². The van der Waals surface area contributed by atoms with E-state index in [0.717, 1.165) is 39.9 Å². The van der Waals surface area contributed by atoms with Gasteiger partial charge in [-0.05, 0) is 48.3 Å². The van der Waals surface area contributed by atoms with Gasteiger partial charge in [0.05, 0.1) is 17.3 Å². The SMILES string of the molecule is COc1ccc2nc(Nc3ncnc(N4CC5(C)CC4CC(C)(C)C5)c3N)sc2c1. The summed E-state index contributed by atoms with van der Waals surface area (Å²) < 4.78 is 6.36. The van der Waals surface area contributed by atoms with E-state index in [1.807, 2.05) is 18.2 Å². The second-order valence-corrected chi connectivity index (χ2v) is 10.8. The topological polar surface area (TPSA) is 89.2 Å². The highest BCUT2D eigenvalue weighted by atomic mass is 32.1. The number of hydrogen-bond acceptors (Lipinski definition) is 8. The normalized spacial score (nSPS) is 24.9. The molecular formula is C22H28N6OS. The van der Waals surface area contributed by atoms with Crippen molar-refractivity contribution in [3.8, 4) is 5.75 Å². The van der Waals surface area contributed by atoms with Crippen LogP contribution in [-0.2, 0) is 0 Å². The molecule has 3 heterocycles. The van der Waals surface area contributed by atoms with E-state index >= 15 is 0 Å². The van der Waals surface area contributed by atoms with E-state index in [-0.39, 0.29) is 0 Å². The van der Waals surface area contributed by atoms with Gasteiger partial charge in [-0.1, -0.05) is 32.1 Å². The number of fused-ring (bicyclic) bond motifs is 3. The van der Waals surface area contributed by atoms with Crippen LogP contribution in [0.2, 0.25) is 0 Å². The summed E-state index contributed by atoms with van der Waals surface area (Å²) in [5.74, 6) is 2.26. The highest BCUT2D eigenvalue weighted by Crippen LogP contribution is 2.54. The largest absolute Gasteiger partial charge is 0.497 e. The number of nitrogen functional groups attached to an aromatic ring is 1. The number of nitrogens with two attached hydrogens (primary N) is 1. The molecule has 2 aliphatic rings. The van der Waals surface area contributed by atoms with Gasteiger partial charge in [0.25, 0.3) is 0 Å². The summed E-state index contributed by atoms with van der Waals surface area (Å²) in [5, 5.41) is 4.06. The third kappa shape index (κ3) is 3.33. The van der Waals surface area contributed by atoms with Crippen molar-refractivity contribution in [2.75, 3.05) is 29.6 Å². The van der Waals surface area contributed by atoms with Crippen molar-refractivity contribution in [3.63, 3.8) is 0 Å². The van der Waals surface area contributed by atoms with Gasteiger partial charge in [-0.25, -0.2) is 15.0 Å². The van der Waals surface area contributed by atoms with Crippen LogP contribution < -0.4 is 20.7 Å². The first-order valence-electron chi connectivity index (χ1n) is 10.3. The van der Waals surface area contributed by atoms with Crippen LogP contribution in [0.1, 0.15) is 40.0 Å². The van der Waals surface area contributed by atoms with Crippen LogP contribution in [0.4, 0.5) is 22.5 Å². The van der Waals surface area contributed by atoms with E-state index in [2.05, 4.69) is 45.9 Å². The molecule has 7 nitrogen and oxygen atoms in total. The summed E-state index contributed by atoms with van der Waals surface area (Å²) in [7, 11) is 1.67. The first kappa shape index (κ1) is 19.4. The number of thiazole rings is 1. The lowest BCUT2D eigenvalue weighted by atomic mass is 9.65. The Morgan fingerprint density at radius 2 is 2.07 bits per heavy atom. The van der Waals surface area contributed by atoms with Crippen LogP contribution in [0.3, 0.4) is 0 Å². The molecule has 2 fully saturated rings. The molecule has 1 aliphatic carbocycles. The van der Waals surface area contributed by atoms with Crippen molar-refractivity contribution < 1.29 is 4.74 Å². The molecule has 30 heavy (non-hydrogen) atoms. The average molecular weight is 425 g/mol. The summed E-state index contributed by atoms with van der Waals surface area (Å²) in [4.78, 5) is 16.1. The Balaban J connectivity index is 1.44. The summed E-state index contributed by atoms with van der Waals surface area (Å²) in [6.07, 6.45) is 5.19. The fraction of sp³-hybridized carbons (Fsp3) is 0.500. The Morgan fingerprint density at radius 1 is 1.23 bits per heavy atom. The highest BCUT2D eigenvalue weighted by Gasteiger charge is 2.50. The molecule has 3 aromatic rings. The molecule has 2 bridgehead atoms. The van der Waals surface area contributed by atoms with Gasteiger partial charge in [0, 0.05) is 12.6 Å². The van der Waals surface area contributed by atoms with Crippen molar-refractivity contribution in [3.05, 3.63) is 24.5 Å². The minimum absolute atomic E-state index is 0.309. The molecule has 1 saturated heterocycles. The second-order valence-electron chi connectivity index (χ2n) is 9.78. The Labute approximate surface area is 180 Å². The first-order chi connectivity index (χ1) is 14.3. The first-order valence-corrected chi connectivity index (χ1v) is 11.2.